The molecule has 1 rings (SSSR count). The first-order valence-electron chi connectivity index (χ1n) is 7.76. The lowest BCUT2D eigenvalue weighted by Gasteiger charge is -2.26. The minimum absolute atomic E-state index is 0.0208. The van der Waals surface area contributed by atoms with Crippen molar-refractivity contribution >= 4 is 17.8 Å². The predicted molar refractivity (Wildman–Crippen MR) is 89.7 cm³/mol. The molecule has 1 aromatic rings. The van der Waals surface area contributed by atoms with Crippen molar-refractivity contribution in [1.29, 1.82) is 0 Å². The number of hydrogen-bond acceptors (Lipinski definition) is 5. The van der Waals surface area contributed by atoms with Crippen LogP contribution >= 0.6 is 0 Å². The molecule has 5 N–H and O–H groups in total. The van der Waals surface area contributed by atoms with E-state index in [1.807, 2.05) is 20.8 Å². The van der Waals surface area contributed by atoms with E-state index in [9.17, 15) is 24.6 Å². The highest BCUT2D eigenvalue weighted by Crippen LogP contribution is 2.22. The zero-order valence-electron chi connectivity index (χ0n) is 14.4. The summed E-state index contributed by atoms with van der Waals surface area (Å²) in [4.78, 5) is 35.5. The number of carboxylic acids is 1. The molecule has 1 aromatic carbocycles. The van der Waals surface area contributed by atoms with Gasteiger partial charge in [-0.15, -0.1) is 0 Å². The Labute approximate surface area is 145 Å². The summed E-state index contributed by atoms with van der Waals surface area (Å²) >= 11 is 0. The van der Waals surface area contributed by atoms with Gasteiger partial charge in [-0.1, -0.05) is 32.9 Å². The van der Waals surface area contributed by atoms with E-state index in [1.54, 1.807) is 0 Å². The molecule has 0 saturated carbocycles. The molecule has 138 valence electrons. The Bertz CT molecular complexity index is 621. The third kappa shape index (κ3) is 6.80. The maximum Gasteiger partial charge on any atom is 0.326 e. The van der Waals surface area contributed by atoms with Crippen molar-refractivity contribution in [2.45, 2.75) is 39.3 Å². The summed E-state index contributed by atoms with van der Waals surface area (Å²) in [5.41, 5.74) is 0.00984. The number of carboxylic acid groups (broad SMARTS) is 1. The SMILES string of the molecule is CC(C)(C)CC(NC(=O)C(NC(=O)CO)c1ccc(O)cc1)C(=O)O. The van der Waals surface area contributed by atoms with E-state index in [0.717, 1.165) is 0 Å². The lowest BCUT2D eigenvalue weighted by Crippen LogP contribution is -2.48. The smallest absolute Gasteiger partial charge is 0.326 e. The van der Waals surface area contributed by atoms with Crippen molar-refractivity contribution in [2.24, 2.45) is 5.41 Å². The minimum atomic E-state index is -1.19. The van der Waals surface area contributed by atoms with Crippen LogP contribution in [0.5, 0.6) is 5.75 Å². The number of aliphatic hydroxyl groups is 1. The van der Waals surface area contributed by atoms with Crippen molar-refractivity contribution in [1.82, 2.24) is 10.6 Å². The third-order valence-electron chi connectivity index (χ3n) is 3.37. The Morgan fingerprint density at radius 1 is 1.08 bits per heavy atom. The van der Waals surface area contributed by atoms with Crippen molar-refractivity contribution in [3.8, 4) is 5.75 Å². The topological polar surface area (TPSA) is 136 Å². The van der Waals surface area contributed by atoms with E-state index >= 15 is 0 Å². The van der Waals surface area contributed by atoms with Gasteiger partial charge in [-0.25, -0.2) is 4.79 Å². The molecule has 0 spiro atoms. The van der Waals surface area contributed by atoms with Crippen molar-refractivity contribution < 1.29 is 29.7 Å². The largest absolute Gasteiger partial charge is 0.508 e. The van der Waals surface area contributed by atoms with Gasteiger partial charge in [0.25, 0.3) is 0 Å². The Balaban J connectivity index is 3.03. The molecule has 2 amide bonds. The number of rotatable bonds is 7. The molecule has 2 atom stereocenters. The molecular weight excluding hydrogens is 328 g/mol. The average Bonchev–Trinajstić information content (AvgIpc) is 2.51. The number of carbonyl (C=O) groups is 3. The first-order valence-corrected chi connectivity index (χ1v) is 7.76. The summed E-state index contributed by atoms with van der Waals surface area (Å²) in [6.45, 7) is 4.73. The van der Waals surface area contributed by atoms with Gasteiger partial charge in [-0.3, -0.25) is 9.59 Å². The molecule has 2 unspecified atom stereocenters. The van der Waals surface area contributed by atoms with Crippen LogP contribution in [0.2, 0.25) is 0 Å². The fourth-order valence-corrected chi connectivity index (χ4v) is 2.24. The molecule has 25 heavy (non-hydrogen) atoms. The third-order valence-corrected chi connectivity index (χ3v) is 3.37. The number of phenolic OH excluding ortho intramolecular Hbond substituents is 1. The molecule has 0 aliphatic rings. The van der Waals surface area contributed by atoms with Crippen LogP contribution in [0.4, 0.5) is 0 Å². The van der Waals surface area contributed by atoms with Gasteiger partial charge in [0.2, 0.25) is 11.8 Å². The number of benzene rings is 1. The number of phenols is 1. The van der Waals surface area contributed by atoms with E-state index in [1.165, 1.54) is 24.3 Å². The van der Waals surface area contributed by atoms with E-state index in [2.05, 4.69) is 10.6 Å². The van der Waals surface area contributed by atoms with Gasteiger partial charge in [-0.05, 0) is 29.5 Å². The number of aliphatic hydroxyl groups excluding tert-OH is 1. The molecule has 0 radical (unpaired) electrons. The molecule has 8 heteroatoms. The fraction of sp³-hybridized carbons (Fsp3) is 0.471. The molecule has 0 saturated heterocycles. The summed E-state index contributed by atoms with van der Waals surface area (Å²) in [6.07, 6.45) is 0.199. The average molecular weight is 352 g/mol. The summed E-state index contributed by atoms with van der Waals surface area (Å²) in [5, 5.41) is 32.3. The fourth-order valence-electron chi connectivity index (χ4n) is 2.24. The van der Waals surface area contributed by atoms with Gasteiger partial charge >= 0.3 is 5.97 Å². The molecule has 0 fully saturated rings. The zero-order valence-corrected chi connectivity index (χ0v) is 14.4. The van der Waals surface area contributed by atoms with Crippen LogP contribution in [-0.2, 0) is 14.4 Å². The molecule has 8 nitrogen and oxygen atoms in total. The van der Waals surface area contributed by atoms with Gasteiger partial charge in [0.15, 0.2) is 0 Å². The number of hydrogen-bond donors (Lipinski definition) is 5. The molecular formula is C17H24N2O6. The van der Waals surface area contributed by atoms with Crippen LogP contribution in [0.1, 0.15) is 38.8 Å². The van der Waals surface area contributed by atoms with Crippen molar-refractivity contribution in [3.63, 3.8) is 0 Å². The first-order chi connectivity index (χ1) is 11.5. The van der Waals surface area contributed by atoms with Gasteiger partial charge in [0.05, 0.1) is 0 Å². The Morgan fingerprint density at radius 3 is 2.08 bits per heavy atom. The monoisotopic (exact) mass is 352 g/mol. The number of carbonyl (C=O) groups excluding carboxylic acids is 2. The van der Waals surface area contributed by atoms with E-state index in [4.69, 9.17) is 5.11 Å². The second kappa shape index (κ2) is 8.48. The van der Waals surface area contributed by atoms with Crippen LogP contribution in [0.25, 0.3) is 0 Å². The Hall–Kier alpha value is -2.61. The number of amides is 2. The molecule has 0 aromatic heterocycles. The lowest BCUT2D eigenvalue weighted by molar-refractivity contribution is -0.143. The normalized spacial score (nSPS) is 13.6. The highest BCUT2D eigenvalue weighted by atomic mass is 16.4. The number of aromatic hydroxyl groups is 1. The van der Waals surface area contributed by atoms with Crippen LogP contribution in [-0.4, -0.2) is 45.8 Å². The predicted octanol–water partition coefficient (Wildman–Crippen LogP) is 0.547. The van der Waals surface area contributed by atoms with Crippen LogP contribution in [0, 0.1) is 5.41 Å². The van der Waals surface area contributed by atoms with E-state index in [-0.39, 0.29) is 17.6 Å². The summed E-state index contributed by atoms with van der Waals surface area (Å²) in [5.74, 6) is -2.70. The summed E-state index contributed by atoms with van der Waals surface area (Å²) in [6, 6.07) is 3.21. The standard InChI is InChI=1S/C17H24N2O6/c1-17(2,3)8-12(16(24)25)18-15(23)14(19-13(22)9-20)10-4-6-11(21)7-5-10/h4-7,12,14,20-21H,8-9H2,1-3H3,(H,18,23)(H,19,22)(H,24,25). The van der Waals surface area contributed by atoms with Gasteiger partial charge in [0, 0.05) is 0 Å². The minimum Gasteiger partial charge on any atom is -0.508 e. The highest BCUT2D eigenvalue weighted by Gasteiger charge is 2.30. The quantitative estimate of drug-likeness (QED) is 0.486. The van der Waals surface area contributed by atoms with Gasteiger partial charge in [0.1, 0.15) is 24.4 Å². The zero-order chi connectivity index (χ0) is 19.2. The Kier molecular flexibility index (Phi) is 6.93. The second-order valence-electron chi connectivity index (χ2n) is 6.91. The van der Waals surface area contributed by atoms with Crippen LogP contribution in [0.15, 0.2) is 24.3 Å². The summed E-state index contributed by atoms with van der Waals surface area (Å²) in [7, 11) is 0. The molecule has 0 bridgehead atoms. The first kappa shape index (κ1) is 20.4. The summed E-state index contributed by atoms with van der Waals surface area (Å²) < 4.78 is 0. The molecule has 0 heterocycles. The highest BCUT2D eigenvalue weighted by molar-refractivity contribution is 5.91. The van der Waals surface area contributed by atoms with Gasteiger partial charge < -0.3 is 26.0 Å². The number of aliphatic carboxylic acids is 1. The van der Waals surface area contributed by atoms with E-state index < -0.39 is 36.5 Å². The lowest BCUT2D eigenvalue weighted by atomic mass is 9.88. The van der Waals surface area contributed by atoms with Crippen LogP contribution in [0.3, 0.4) is 0 Å². The van der Waals surface area contributed by atoms with Crippen LogP contribution < -0.4 is 10.6 Å². The second-order valence-corrected chi connectivity index (χ2v) is 6.91. The molecule has 0 aliphatic carbocycles. The number of nitrogens with one attached hydrogen (secondary N) is 2. The maximum atomic E-state index is 12.5. The van der Waals surface area contributed by atoms with Gasteiger partial charge in [-0.2, -0.15) is 0 Å². The maximum absolute atomic E-state index is 12.5. The molecule has 0 aliphatic heterocycles. The Morgan fingerprint density at radius 2 is 1.64 bits per heavy atom. The van der Waals surface area contributed by atoms with Crippen molar-refractivity contribution in [2.75, 3.05) is 6.61 Å². The van der Waals surface area contributed by atoms with Crippen molar-refractivity contribution in [3.05, 3.63) is 29.8 Å². The van der Waals surface area contributed by atoms with E-state index in [0.29, 0.717) is 5.56 Å².